The van der Waals surface area contributed by atoms with Crippen molar-refractivity contribution in [3.63, 3.8) is 0 Å². The van der Waals surface area contributed by atoms with Gasteiger partial charge in [-0.2, -0.15) is 26.3 Å². The summed E-state index contributed by atoms with van der Waals surface area (Å²) in [5.74, 6) is -1.43. The van der Waals surface area contributed by atoms with Crippen LogP contribution in [0.3, 0.4) is 0 Å². The Morgan fingerprint density at radius 2 is 1.64 bits per heavy atom. The summed E-state index contributed by atoms with van der Waals surface area (Å²) in [5, 5.41) is 2.32. The number of nitrogens with one attached hydrogen (secondary N) is 1. The number of ether oxygens (including phenoxy) is 1. The van der Waals surface area contributed by atoms with Crippen molar-refractivity contribution in [2.24, 2.45) is 0 Å². The SMILES string of the molecule is COc1ccc(C(=O)Nc2cc(C(F)(F)F)c3c(c2)C(C)(C)N(C)CC3)cc1C(F)(F)F.Cl. The number of amides is 1. The number of fused-ring (bicyclic) bond motifs is 1. The van der Waals surface area contributed by atoms with Crippen molar-refractivity contribution >= 4 is 24.0 Å². The first kappa shape index (κ1) is 26.8. The first-order chi connectivity index (χ1) is 14.7. The van der Waals surface area contributed by atoms with E-state index in [-0.39, 0.29) is 35.6 Å². The van der Waals surface area contributed by atoms with Crippen molar-refractivity contribution in [3.8, 4) is 5.75 Å². The Morgan fingerprint density at radius 1 is 1.03 bits per heavy atom. The Kier molecular flexibility index (Phi) is 7.35. The standard InChI is InChI=1S/C22H22F6N2O2.ClH/c1-20(2)15-10-13(11-16(21(23,24)25)14(15)7-8-30(20)3)29-19(31)12-5-6-18(32-4)17(9-12)22(26,27)28;/h5-6,9-11H,7-8H2,1-4H3,(H,29,31);1H. The van der Waals surface area contributed by atoms with Crippen LogP contribution in [0.25, 0.3) is 0 Å². The number of hydrogen-bond acceptors (Lipinski definition) is 3. The van der Waals surface area contributed by atoms with Crippen molar-refractivity contribution < 1.29 is 35.9 Å². The van der Waals surface area contributed by atoms with E-state index in [1.807, 2.05) is 4.90 Å². The fourth-order valence-corrected chi connectivity index (χ4v) is 3.85. The molecule has 3 rings (SSSR count). The number of likely N-dealkylation sites (N-methyl/N-ethyl adjacent to an activating group) is 1. The summed E-state index contributed by atoms with van der Waals surface area (Å²) < 4.78 is 85.8. The average molecular weight is 497 g/mol. The first-order valence-electron chi connectivity index (χ1n) is 9.68. The summed E-state index contributed by atoms with van der Waals surface area (Å²) in [6.45, 7) is 3.98. The number of methoxy groups -OCH3 is 1. The normalized spacial score (nSPS) is 15.9. The third-order valence-corrected chi connectivity index (χ3v) is 5.89. The van der Waals surface area contributed by atoms with Gasteiger partial charge in [0, 0.05) is 23.3 Å². The molecule has 1 N–H and O–H groups in total. The average Bonchev–Trinajstić information content (AvgIpc) is 2.69. The topological polar surface area (TPSA) is 41.6 Å². The molecule has 1 aliphatic rings. The molecule has 33 heavy (non-hydrogen) atoms. The molecule has 0 aromatic heterocycles. The van der Waals surface area contributed by atoms with Crippen LogP contribution in [-0.4, -0.2) is 31.5 Å². The molecule has 0 unspecified atom stereocenters. The Balaban J connectivity index is 0.00000385. The summed E-state index contributed by atoms with van der Waals surface area (Å²) in [5.41, 5.74) is -2.70. The van der Waals surface area contributed by atoms with Gasteiger partial charge >= 0.3 is 12.4 Å². The van der Waals surface area contributed by atoms with Gasteiger partial charge < -0.3 is 10.1 Å². The molecule has 0 radical (unpaired) electrons. The van der Waals surface area contributed by atoms with Gasteiger partial charge in [-0.05, 0) is 68.8 Å². The molecule has 0 bridgehead atoms. The zero-order valence-corrected chi connectivity index (χ0v) is 19.1. The summed E-state index contributed by atoms with van der Waals surface area (Å²) in [6.07, 6.45) is -9.24. The van der Waals surface area contributed by atoms with Gasteiger partial charge in [-0.3, -0.25) is 9.69 Å². The molecular weight excluding hydrogens is 474 g/mol. The molecule has 0 spiro atoms. The van der Waals surface area contributed by atoms with Gasteiger partial charge in [-0.25, -0.2) is 0 Å². The number of anilines is 1. The zero-order valence-electron chi connectivity index (χ0n) is 18.2. The van der Waals surface area contributed by atoms with Crippen molar-refractivity contribution in [2.45, 2.75) is 38.2 Å². The van der Waals surface area contributed by atoms with Crippen molar-refractivity contribution in [1.82, 2.24) is 4.90 Å². The van der Waals surface area contributed by atoms with E-state index >= 15 is 0 Å². The minimum Gasteiger partial charge on any atom is -0.496 e. The number of halogens is 7. The Morgan fingerprint density at radius 3 is 2.18 bits per heavy atom. The zero-order chi connectivity index (χ0) is 24.1. The Labute approximate surface area is 193 Å². The third-order valence-electron chi connectivity index (χ3n) is 5.89. The lowest BCUT2D eigenvalue weighted by Gasteiger charge is -2.42. The molecule has 0 fully saturated rings. The van der Waals surface area contributed by atoms with E-state index in [2.05, 4.69) is 5.32 Å². The monoisotopic (exact) mass is 496 g/mol. The van der Waals surface area contributed by atoms with Crippen LogP contribution in [0, 0.1) is 0 Å². The molecule has 0 atom stereocenters. The molecule has 2 aromatic carbocycles. The second kappa shape index (κ2) is 9.06. The summed E-state index contributed by atoms with van der Waals surface area (Å²) in [6, 6.07) is 4.99. The molecular formula is C22H23ClF6N2O2. The third kappa shape index (κ3) is 5.22. The molecule has 1 aliphatic heterocycles. The molecule has 2 aromatic rings. The van der Waals surface area contributed by atoms with Gasteiger partial charge in [-0.1, -0.05) is 0 Å². The van der Waals surface area contributed by atoms with Gasteiger partial charge in [0.05, 0.1) is 18.2 Å². The fraction of sp³-hybridized carbons (Fsp3) is 0.409. The number of rotatable bonds is 3. The predicted molar refractivity (Wildman–Crippen MR) is 114 cm³/mol. The largest absolute Gasteiger partial charge is 0.496 e. The van der Waals surface area contributed by atoms with E-state index in [4.69, 9.17) is 4.74 Å². The van der Waals surface area contributed by atoms with Crippen LogP contribution in [0.5, 0.6) is 5.75 Å². The lowest BCUT2D eigenvalue weighted by molar-refractivity contribution is -0.139. The van der Waals surface area contributed by atoms with E-state index < -0.39 is 40.7 Å². The van der Waals surface area contributed by atoms with Crippen LogP contribution in [0.15, 0.2) is 30.3 Å². The van der Waals surface area contributed by atoms with Gasteiger partial charge in [0.2, 0.25) is 0 Å². The fourth-order valence-electron chi connectivity index (χ4n) is 3.85. The van der Waals surface area contributed by atoms with E-state index in [1.165, 1.54) is 6.07 Å². The van der Waals surface area contributed by atoms with Crippen molar-refractivity contribution in [1.29, 1.82) is 0 Å². The Bertz CT molecular complexity index is 1050. The molecule has 4 nitrogen and oxygen atoms in total. The number of benzene rings is 2. The van der Waals surface area contributed by atoms with E-state index in [9.17, 15) is 31.1 Å². The number of nitrogens with zero attached hydrogens (tertiary/aromatic N) is 1. The molecule has 0 saturated carbocycles. The highest BCUT2D eigenvalue weighted by atomic mass is 35.5. The molecule has 1 heterocycles. The van der Waals surface area contributed by atoms with Gasteiger partial charge in [-0.15, -0.1) is 12.4 Å². The molecule has 0 aliphatic carbocycles. The minimum atomic E-state index is -4.77. The highest BCUT2D eigenvalue weighted by Gasteiger charge is 2.41. The lowest BCUT2D eigenvalue weighted by atomic mass is 9.81. The van der Waals surface area contributed by atoms with Crippen molar-refractivity contribution in [2.75, 3.05) is 26.0 Å². The van der Waals surface area contributed by atoms with Crippen LogP contribution < -0.4 is 10.1 Å². The van der Waals surface area contributed by atoms with Crippen LogP contribution in [-0.2, 0) is 24.3 Å². The molecule has 182 valence electrons. The van der Waals surface area contributed by atoms with Crippen LogP contribution in [0.2, 0.25) is 0 Å². The smallest absolute Gasteiger partial charge is 0.419 e. The highest BCUT2D eigenvalue weighted by Crippen LogP contribution is 2.43. The van der Waals surface area contributed by atoms with Gasteiger partial charge in [0.1, 0.15) is 5.75 Å². The quantitative estimate of drug-likeness (QED) is 0.520. The lowest BCUT2D eigenvalue weighted by Crippen LogP contribution is -2.44. The first-order valence-corrected chi connectivity index (χ1v) is 9.68. The van der Waals surface area contributed by atoms with Crippen LogP contribution in [0.4, 0.5) is 32.0 Å². The number of alkyl halides is 6. The van der Waals surface area contributed by atoms with Crippen LogP contribution in [0.1, 0.15) is 46.5 Å². The minimum absolute atomic E-state index is 0. The maximum atomic E-state index is 13.8. The number of carbonyl (C=O) groups excluding carboxylic acids is 1. The maximum absolute atomic E-state index is 13.8. The number of hydrogen-bond donors (Lipinski definition) is 1. The van der Waals surface area contributed by atoms with Crippen LogP contribution >= 0.6 is 12.4 Å². The molecule has 11 heteroatoms. The van der Waals surface area contributed by atoms with Gasteiger partial charge in [0.15, 0.2) is 0 Å². The van der Waals surface area contributed by atoms with E-state index in [0.717, 1.165) is 25.3 Å². The highest BCUT2D eigenvalue weighted by molar-refractivity contribution is 6.04. The Hall–Kier alpha value is -2.46. The molecule has 0 saturated heterocycles. The van der Waals surface area contributed by atoms with E-state index in [0.29, 0.717) is 18.2 Å². The second-order valence-electron chi connectivity index (χ2n) is 8.15. The molecule has 1 amide bonds. The maximum Gasteiger partial charge on any atom is 0.419 e. The van der Waals surface area contributed by atoms with Crippen molar-refractivity contribution in [3.05, 3.63) is 58.1 Å². The summed E-state index contributed by atoms with van der Waals surface area (Å²) >= 11 is 0. The summed E-state index contributed by atoms with van der Waals surface area (Å²) in [4.78, 5) is 14.5. The predicted octanol–water partition coefficient (Wildman–Crippen LogP) is 6.13. The van der Waals surface area contributed by atoms with E-state index in [1.54, 1.807) is 20.9 Å². The summed E-state index contributed by atoms with van der Waals surface area (Å²) in [7, 11) is 2.85. The number of carbonyl (C=O) groups is 1. The second-order valence-corrected chi connectivity index (χ2v) is 8.15. The van der Waals surface area contributed by atoms with Gasteiger partial charge in [0.25, 0.3) is 5.91 Å².